The van der Waals surface area contributed by atoms with Crippen molar-refractivity contribution in [3.8, 4) is 17.6 Å². The molecule has 0 N–H and O–H groups in total. The number of hydrogen-bond acceptors (Lipinski definition) is 1. The first-order valence-corrected chi connectivity index (χ1v) is 12.6. The number of rotatable bonds is 5. The second kappa shape index (κ2) is 11.5. The molecule has 2 saturated carbocycles. The van der Waals surface area contributed by atoms with Crippen LogP contribution in [0, 0.1) is 41.2 Å². The Morgan fingerprint density at radius 1 is 0.853 bits per heavy atom. The lowest BCUT2D eigenvalue weighted by atomic mass is 9.64. The monoisotopic (exact) mass is 460 g/mol. The molecule has 0 saturated heterocycles. The SMILES string of the molecule is C/C=C/COc1ccc(C#Cc2ccc(C3CCC4CC(/C=C/C)CCC4C3)c(F)c2F)cc1. The van der Waals surface area contributed by atoms with Gasteiger partial charge in [0.25, 0.3) is 0 Å². The van der Waals surface area contributed by atoms with E-state index >= 15 is 4.39 Å². The maximum absolute atomic E-state index is 15.1. The van der Waals surface area contributed by atoms with Crippen LogP contribution in [0.2, 0.25) is 0 Å². The average Bonchev–Trinajstić information content (AvgIpc) is 2.86. The van der Waals surface area contributed by atoms with Gasteiger partial charge in [-0.15, -0.1) is 0 Å². The predicted molar refractivity (Wildman–Crippen MR) is 135 cm³/mol. The molecule has 2 fully saturated rings. The van der Waals surface area contributed by atoms with Crippen LogP contribution in [0.3, 0.4) is 0 Å². The molecule has 0 radical (unpaired) electrons. The number of allylic oxidation sites excluding steroid dienone is 3. The lowest BCUT2D eigenvalue weighted by molar-refractivity contribution is 0.132. The van der Waals surface area contributed by atoms with Gasteiger partial charge in [0.1, 0.15) is 12.4 Å². The van der Waals surface area contributed by atoms with E-state index in [1.807, 2.05) is 43.3 Å². The van der Waals surface area contributed by atoms with Gasteiger partial charge < -0.3 is 4.74 Å². The van der Waals surface area contributed by atoms with Gasteiger partial charge in [0, 0.05) is 5.56 Å². The van der Waals surface area contributed by atoms with Gasteiger partial charge in [-0.2, -0.15) is 0 Å². The minimum Gasteiger partial charge on any atom is -0.490 e. The third kappa shape index (κ3) is 5.79. The first kappa shape index (κ1) is 24.3. The van der Waals surface area contributed by atoms with Gasteiger partial charge in [0.15, 0.2) is 11.6 Å². The Balaban J connectivity index is 1.42. The number of fused-ring (bicyclic) bond motifs is 1. The maximum atomic E-state index is 15.1. The molecular formula is C31H34F2O. The summed E-state index contributed by atoms with van der Waals surface area (Å²) in [6, 6.07) is 10.7. The van der Waals surface area contributed by atoms with E-state index in [0.29, 0.717) is 24.0 Å². The zero-order valence-corrected chi connectivity index (χ0v) is 20.2. The molecule has 3 heteroatoms. The lowest BCUT2D eigenvalue weighted by Gasteiger charge is -2.41. The highest BCUT2D eigenvalue weighted by Crippen LogP contribution is 2.48. The molecule has 2 aromatic rings. The molecular weight excluding hydrogens is 426 g/mol. The van der Waals surface area contributed by atoms with Crippen molar-refractivity contribution in [2.45, 2.75) is 58.3 Å². The molecule has 0 aromatic heterocycles. The van der Waals surface area contributed by atoms with Crippen molar-refractivity contribution in [1.82, 2.24) is 0 Å². The Labute approximate surface area is 202 Å². The Morgan fingerprint density at radius 2 is 1.62 bits per heavy atom. The summed E-state index contributed by atoms with van der Waals surface area (Å²) in [5.74, 6) is 7.11. The van der Waals surface area contributed by atoms with E-state index in [-0.39, 0.29) is 11.5 Å². The predicted octanol–water partition coefficient (Wildman–Crippen LogP) is 8.20. The van der Waals surface area contributed by atoms with Gasteiger partial charge in [-0.3, -0.25) is 0 Å². The first-order valence-electron chi connectivity index (χ1n) is 12.6. The molecule has 4 atom stereocenters. The van der Waals surface area contributed by atoms with Gasteiger partial charge in [-0.05, 0) is 112 Å². The zero-order valence-electron chi connectivity index (χ0n) is 20.2. The Kier molecular flexibility index (Phi) is 8.22. The second-order valence-electron chi connectivity index (χ2n) is 9.61. The third-order valence-electron chi connectivity index (χ3n) is 7.45. The Bertz CT molecular complexity index is 1090. The minimum atomic E-state index is -0.824. The maximum Gasteiger partial charge on any atom is 0.174 e. The zero-order chi connectivity index (χ0) is 23.9. The molecule has 0 amide bonds. The van der Waals surface area contributed by atoms with Crippen molar-refractivity contribution in [2.24, 2.45) is 17.8 Å². The van der Waals surface area contributed by atoms with Crippen molar-refractivity contribution in [3.63, 3.8) is 0 Å². The van der Waals surface area contributed by atoms with E-state index < -0.39 is 11.6 Å². The largest absolute Gasteiger partial charge is 0.490 e. The van der Waals surface area contributed by atoms with Crippen LogP contribution in [0.4, 0.5) is 8.78 Å². The van der Waals surface area contributed by atoms with Gasteiger partial charge in [-0.25, -0.2) is 8.78 Å². The van der Waals surface area contributed by atoms with E-state index in [1.54, 1.807) is 12.1 Å². The highest BCUT2D eigenvalue weighted by molar-refractivity contribution is 5.46. The topological polar surface area (TPSA) is 9.23 Å². The summed E-state index contributed by atoms with van der Waals surface area (Å²) in [7, 11) is 0. The third-order valence-corrected chi connectivity index (χ3v) is 7.45. The summed E-state index contributed by atoms with van der Waals surface area (Å²) >= 11 is 0. The molecule has 2 aromatic carbocycles. The van der Waals surface area contributed by atoms with E-state index in [2.05, 4.69) is 30.9 Å². The fourth-order valence-corrected chi connectivity index (χ4v) is 5.65. The molecule has 4 rings (SSSR count). The highest BCUT2D eigenvalue weighted by atomic mass is 19.2. The number of hydrogen-bond donors (Lipinski definition) is 0. The van der Waals surface area contributed by atoms with Gasteiger partial charge in [-0.1, -0.05) is 42.2 Å². The summed E-state index contributed by atoms with van der Waals surface area (Å²) in [5, 5.41) is 0. The average molecular weight is 461 g/mol. The van der Waals surface area contributed by atoms with E-state index in [0.717, 1.165) is 36.5 Å². The van der Waals surface area contributed by atoms with Crippen LogP contribution in [0.1, 0.15) is 75.0 Å². The molecule has 2 aliphatic rings. The minimum absolute atomic E-state index is 0.103. The van der Waals surface area contributed by atoms with Crippen LogP contribution >= 0.6 is 0 Å². The quantitative estimate of drug-likeness (QED) is 0.323. The first-order chi connectivity index (χ1) is 16.6. The molecule has 2 aliphatic carbocycles. The van der Waals surface area contributed by atoms with Crippen LogP contribution in [0.15, 0.2) is 60.7 Å². The highest BCUT2D eigenvalue weighted by Gasteiger charge is 2.36. The molecule has 0 bridgehead atoms. The van der Waals surface area contributed by atoms with Crippen LogP contribution in [-0.2, 0) is 0 Å². The molecule has 4 unspecified atom stereocenters. The smallest absolute Gasteiger partial charge is 0.174 e. The summed E-state index contributed by atoms with van der Waals surface area (Å²) in [6.07, 6.45) is 15.0. The Morgan fingerprint density at radius 3 is 2.38 bits per heavy atom. The van der Waals surface area contributed by atoms with E-state index in [1.165, 1.54) is 19.3 Å². The fraction of sp³-hybridized carbons (Fsp3) is 0.419. The van der Waals surface area contributed by atoms with Gasteiger partial charge in [0.05, 0.1) is 5.56 Å². The molecule has 178 valence electrons. The van der Waals surface area contributed by atoms with Crippen LogP contribution in [0.25, 0.3) is 0 Å². The van der Waals surface area contributed by atoms with Crippen molar-refractivity contribution in [1.29, 1.82) is 0 Å². The van der Waals surface area contributed by atoms with E-state index in [9.17, 15) is 4.39 Å². The van der Waals surface area contributed by atoms with Crippen molar-refractivity contribution in [3.05, 3.63) is 89.0 Å². The van der Waals surface area contributed by atoms with Crippen molar-refractivity contribution >= 4 is 0 Å². The summed E-state index contributed by atoms with van der Waals surface area (Å²) in [4.78, 5) is 0. The second-order valence-corrected chi connectivity index (χ2v) is 9.61. The number of benzene rings is 2. The van der Waals surface area contributed by atoms with Crippen LogP contribution < -0.4 is 4.74 Å². The molecule has 1 nitrogen and oxygen atoms in total. The molecule has 0 aliphatic heterocycles. The van der Waals surface area contributed by atoms with Crippen LogP contribution in [0.5, 0.6) is 5.75 Å². The Hall–Kier alpha value is -2.86. The standard InChI is InChI=1S/C31H34F2O/c1-3-5-19-34-28-16-9-22(10-17-28)7-11-24-15-18-29(31(33)30(24)32)27-14-13-25-20-23(6-4-2)8-12-26(25)21-27/h3-6,9-10,15-18,23,25-27H,8,12-14,19-21H2,1-2H3/b5-3+,6-4+. The molecule has 34 heavy (non-hydrogen) atoms. The summed E-state index contributed by atoms with van der Waals surface area (Å²) in [5.41, 5.74) is 1.36. The molecule has 0 heterocycles. The van der Waals surface area contributed by atoms with Gasteiger partial charge in [0.2, 0.25) is 0 Å². The number of ether oxygens (including phenoxy) is 1. The van der Waals surface area contributed by atoms with Crippen molar-refractivity contribution in [2.75, 3.05) is 6.61 Å². The molecule has 0 spiro atoms. The van der Waals surface area contributed by atoms with Crippen molar-refractivity contribution < 1.29 is 13.5 Å². The van der Waals surface area contributed by atoms with Gasteiger partial charge >= 0.3 is 0 Å². The fourth-order valence-electron chi connectivity index (χ4n) is 5.65. The van der Waals surface area contributed by atoms with Crippen LogP contribution in [-0.4, -0.2) is 6.61 Å². The lowest BCUT2D eigenvalue weighted by Crippen LogP contribution is -2.30. The summed E-state index contributed by atoms with van der Waals surface area (Å²) in [6.45, 7) is 4.54. The summed E-state index contributed by atoms with van der Waals surface area (Å²) < 4.78 is 35.6. The van der Waals surface area contributed by atoms with E-state index in [4.69, 9.17) is 4.74 Å². The number of halogens is 2. The normalized spacial score (nSPS) is 24.6.